The molecule has 2 heterocycles. The third-order valence-electron chi connectivity index (χ3n) is 8.44. The first-order valence-electron chi connectivity index (χ1n) is 15.4. The number of primary amides is 1. The zero-order chi connectivity index (χ0) is 33.3. The molecule has 0 aliphatic carbocycles. The van der Waals surface area contributed by atoms with Crippen LogP contribution in [0.2, 0.25) is 0 Å². The standard InChI is InChI=1S/C32H42N6O7S/c1-23(39)45-21-26-11-6-7-12-27(26)31(41)35-34-22-36-17-14-25(15-18-36)20-38(46(2,43)44)29(19-24-9-4-3-5-10-24)32(42)37-16-8-13-28(37)30(33)40/h3-7,9-12,25,28-29H,8,13-22H2,1-2H3,(H2,33,40)/t28-,29+/m0/s1. The summed E-state index contributed by atoms with van der Waals surface area (Å²) in [6.07, 6.45) is 3.68. The quantitative estimate of drug-likeness (QED) is 0.253. The van der Waals surface area contributed by atoms with E-state index in [-0.39, 0.29) is 32.2 Å². The minimum absolute atomic E-state index is 0.0192. The molecule has 0 aromatic heterocycles. The van der Waals surface area contributed by atoms with Gasteiger partial charge in [-0.25, -0.2) is 8.42 Å². The summed E-state index contributed by atoms with van der Waals surface area (Å²) >= 11 is 0. The van der Waals surface area contributed by atoms with E-state index >= 15 is 0 Å². The Morgan fingerprint density at radius 2 is 1.67 bits per heavy atom. The molecule has 2 N–H and O–H groups in total. The van der Waals surface area contributed by atoms with Gasteiger partial charge in [-0.15, -0.1) is 5.11 Å². The van der Waals surface area contributed by atoms with Gasteiger partial charge in [0.25, 0.3) is 5.91 Å². The molecule has 0 bridgehead atoms. The van der Waals surface area contributed by atoms with E-state index in [0.29, 0.717) is 56.4 Å². The Morgan fingerprint density at radius 3 is 2.33 bits per heavy atom. The molecule has 4 rings (SSSR count). The van der Waals surface area contributed by atoms with Crippen molar-refractivity contribution < 1.29 is 32.3 Å². The van der Waals surface area contributed by atoms with Crippen LogP contribution in [0.4, 0.5) is 0 Å². The summed E-state index contributed by atoms with van der Waals surface area (Å²) in [6.45, 7) is 3.17. The first-order chi connectivity index (χ1) is 21.9. The predicted octanol–water partition coefficient (Wildman–Crippen LogP) is 2.36. The van der Waals surface area contributed by atoms with Gasteiger partial charge < -0.3 is 15.4 Å². The van der Waals surface area contributed by atoms with Gasteiger partial charge in [-0.3, -0.25) is 24.1 Å². The highest BCUT2D eigenvalue weighted by Gasteiger charge is 2.41. The second-order valence-electron chi connectivity index (χ2n) is 11.8. The molecule has 2 aliphatic rings. The van der Waals surface area contributed by atoms with Crippen molar-refractivity contribution in [1.29, 1.82) is 0 Å². The third-order valence-corrected chi connectivity index (χ3v) is 9.70. The van der Waals surface area contributed by atoms with Gasteiger partial charge in [-0.1, -0.05) is 48.5 Å². The molecular weight excluding hydrogens is 612 g/mol. The average molecular weight is 655 g/mol. The van der Waals surface area contributed by atoms with Gasteiger partial charge in [0.05, 0.1) is 6.26 Å². The molecule has 2 fully saturated rings. The van der Waals surface area contributed by atoms with Crippen molar-refractivity contribution in [3.05, 3.63) is 71.3 Å². The minimum Gasteiger partial charge on any atom is -0.461 e. The number of esters is 1. The summed E-state index contributed by atoms with van der Waals surface area (Å²) in [5.41, 5.74) is 7.25. The van der Waals surface area contributed by atoms with Gasteiger partial charge in [-0.2, -0.15) is 9.42 Å². The van der Waals surface area contributed by atoms with E-state index in [1.807, 2.05) is 35.2 Å². The first kappa shape index (κ1) is 34.9. The third kappa shape index (κ3) is 9.50. The molecule has 2 aromatic carbocycles. The van der Waals surface area contributed by atoms with E-state index in [4.69, 9.17) is 10.5 Å². The maximum absolute atomic E-state index is 13.9. The summed E-state index contributed by atoms with van der Waals surface area (Å²) in [5, 5.41) is 7.95. The number of amides is 3. The number of sulfonamides is 1. The molecule has 3 amide bonds. The van der Waals surface area contributed by atoms with Crippen LogP contribution >= 0.6 is 0 Å². The molecule has 248 valence electrons. The number of nitrogens with zero attached hydrogens (tertiary/aromatic N) is 5. The fourth-order valence-corrected chi connectivity index (χ4v) is 7.11. The van der Waals surface area contributed by atoms with Crippen LogP contribution in [0, 0.1) is 5.92 Å². The van der Waals surface area contributed by atoms with Gasteiger partial charge in [0, 0.05) is 44.2 Å². The molecule has 13 nitrogen and oxygen atoms in total. The molecule has 0 saturated carbocycles. The number of benzene rings is 2. The monoisotopic (exact) mass is 654 g/mol. The zero-order valence-corrected chi connectivity index (χ0v) is 27.1. The Morgan fingerprint density at radius 1 is 1.00 bits per heavy atom. The van der Waals surface area contributed by atoms with Gasteiger partial charge in [0.2, 0.25) is 21.8 Å². The van der Waals surface area contributed by atoms with Crippen LogP contribution in [0.5, 0.6) is 0 Å². The van der Waals surface area contributed by atoms with Crippen molar-refractivity contribution in [2.75, 3.05) is 39.1 Å². The number of piperidine rings is 1. The first-order valence-corrected chi connectivity index (χ1v) is 17.2. The van der Waals surface area contributed by atoms with Crippen LogP contribution in [0.1, 0.15) is 54.1 Å². The van der Waals surface area contributed by atoms with Gasteiger partial charge >= 0.3 is 5.97 Å². The van der Waals surface area contributed by atoms with Crippen molar-refractivity contribution in [1.82, 2.24) is 14.1 Å². The average Bonchev–Trinajstić information content (AvgIpc) is 3.53. The summed E-state index contributed by atoms with van der Waals surface area (Å²) in [4.78, 5) is 53.4. The topological polar surface area (TPSA) is 172 Å². The number of rotatable bonds is 13. The predicted molar refractivity (Wildman–Crippen MR) is 170 cm³/mol. The van der Waals surface area contributed by atoms with E-state index < -0.39 is 45.8 Å². The second kappa shape index (κ2) is 16.0. The lowest BCUT2D eigenvalue weighted by molar-refractivity contribution is -0.142. The van der Waals surface area contributed by atoms with Gasteiger partial charge in [-0.05, 0) is 49.7 Å². The normalized spacial score (nSPS) is 18.6. The molecule has 2 saturated heterocycles. The molecular formula is C32H42N6O7S. The summed E-state index contributed by atoms with van der Waals surface area (Å²) in [5.74, 6) is -2.00. The van der Waals surface area contributed by atoms with Crippen LogP contribution in [0.3, 0.4) is 0 Å². The lowest BCUT2D eigenvalue weighted by Gasteiger charge is -2.37. The maximum atomic E-state index is 13.9. The van der Waals surface area contributed by atoms with Crippen molar-refractivity contribution in [3.8, 4) is 0 Å². The summed E-state index contributed by atoms with van der Waals surface area (Å²) < 4.78 is 32.8. The van der Waals surface area contributed by atoms with E-state index in [0.717, 1.165) is 11.8 Å². The van der Waals surface area contributed by atoms with E-state index in [9.17, 15) is 27.6 Å². The van der Waals surface area contributed by atoms with E-state index in [1.165, 1.54) is 16.1 Å². The smallest absolute Gasteiger partial charge is 0.302 e. The van der Waals surface area contributed by atoms with E-state index in [1.54, 1.807) is 24.3 Å². The highest BCUT2D eigenvalue weighted by atomic mass is 32.2. The molecule has 0 radical (unpaired) electrons. The Bertz CT molecular complexity index is 1530. The van der Waals surface area contributed by atoms with E-state index in [2.05, 4.69) is 10.2 Å². The number of hydrogen-bond acceptors (Lipinski definition) is 9. The number of carbonyl (C=O) groups excluding carboxylic acids is 4. The van der Waals surface area contributed by atoms with Crippen molar-refractivity contribution in [3.63, 3.8) is 0 Å². The molecule has 0 unspecified atom stereocenters. The fraction of sp³-hybridized carbons (Fsp3) is 0.500. The van der Waals surface area contributed by atoms with Crippen molar-refractivity contribution in [2.24, 2.45) is 21.9 Å². The fourth-order valence-electron chi connectivity index (χ4n) is 6.00. The molecule has 2 aromatic rings. The molecule has 2 atom stereocenters. The number of ether oxygens (including phenoxy) is 1. The highest BCUT2D eigenvalue weighted by molar-refractivity contribution is 7.88. The number of likely N-dealkylation sites (tertiary alicyclic amines) is 2. The van der Waals surface area contributed by atoms with Crippen LogP contribution in [0.15, 0.2) is 64.8 Å². The molecule has 2 aliphatic heterocycles. The SMILES string of the molecule is CC(=O)OCc1ccccc1C(=O)N=NCN1CCC(CN([C@H](Cc2ccccc2)C(=O)N2CCC[C@H]2C(N)=O)S(C)(=O)=O)CC1. The second-order valence-corrected chi connectivity index (χ2v) is 13.8. The van der Waals surface area contributed by atoms with Crippen LogP contribution in [-0.2, 0) is 42.2 Å². The number of azo groups is 1. The van der Waals surface area contributed by atoms with Crippen molar-refractivity contribution in [2.45, 2.75) is 57.7 Å². The Hall–Kier alpha value is -4.01. The lowest BCUT2D eigenvalue weighted by atomic mass is 9.96. The van der Waals surface area contributed by atoms with Crippen LogP contribution < -0.4 is 5.73 Å². The highest BCUT2D eigenvalue weighted by Crippen LogP contribution is 2.26. The summed E-state index contributed by atoms with van der Waals surface area (Å²) in [6, 6.07) is 14.2. The lowest BCUT2D eigenvalue weighted by Crippen LogP contribution is -2.56. The van der Waals surface area contributed by atoms with Gasteiger partial charge in [0.15, 0.2) is 0 Å². The Labute approximate surface area is 269 Å². The number of hydrogen-bond donors (Lipinski definition) is 1. The molecule has 14 heteroatoms. The largest absolute Gasteiger partial charge is 0.461 e. The molecule has 0 spiro atoms. The minimum atomic E-state index is -3.81. The zero-order valence-electron chi connectivity index (χ0n) is 26.3. The molecule has 46 heavy (non-hydrogen) atoms. The van der Waals surface area contributed by atoms with Gasteiger partial charge in [0.1, 0.15) is 25.4 Å². The Kier molecular flexibility index (Phi) is 12.1. The van der Waals surface area contributed by atoms with Crippen LogP contribution in [-0.4, -0.2) is 97.4 Å². The Balaban J connectivity index is 1.40. The number of carbonyl (C=O) groups is 4. The maximum Gasteiger partial charge on any atom is 0.302 e. The van der Waals surface area contributed by atoms with Crippen LogP contribution in [0.25, 0.3) is 0 Å². The summed E-state index contributed by atoms with van der Waals surface area (Å²) in [7, 11) is -3.81. The number of nitrogens with two attached hydrogens (primary N) is 1. The van der Waals surface area contributed by atoms with Crippen molar-refractivity contribution >= 4 is 33.7 Å².